The van der Waals surface area contributed by atoms with Crippen molar-refractivity contribution >= 4 is 22.9 Å². The average molecular weight is 600 g/mol. The van der Waals surface area contributed by atoms with Crippen molar-refractivity contribution in [3.63, 3.8) is 0 Å². The van der Waals surface area contributed by atoms with Crippen LogP contribution in [0.1, 0.15) is 60.6 Å². The standard InChI is InChI=1S/C40H41NO2S/c1-2-39(33-16-8-4-9-17-33)40(35-21-25-38(26-22-35)43-30-32-14-6-3-7-15-32)34-19-23-37(24-20-34)42-28-12-5-13-29-44-31-36-18-10-11-27-41-36/h3-4,6-11,14-27H,2,5,12-13,28-31H2,1H3/b40-39-. The number of allylic oxidation sites excluding steroid dienone is 1. The largest absolute Gasteiger partial charge is 0.494 e. The molecule has 44 heavy (non-hydrogen) atoms. The first-order chi connectivity index (χ1) is 21.8. The fourth-order valence-corrected chi connectivity index (χ4v) is 6.12. The average Bonchev–Trinajstić information content (AvgIpc) is 3.09. The van der Waals surface area contributed by atoms with Gasteiger partial charge in [0.05, 0.1) is 12.3 Å². The van der Waals surface area contributed by atoms with Crippen LogP contribution < -0.4 is 9.47 Å². The highest BCUT2D eigenvalue weighted by Crippen LogP contribution is 2.35. The minimum absolute atomic E-state index is 0.555. The molecule has 0 aliphatic carbocycles. The lowest BCUT2D eigenvalue weighted by molar-refractivity contribution is 0.306. The zero-order valence-electron chi connectivity index (χ0n) is 25.5. The van der Waals surface area contributed by atoms with Crippen molar-refractivity contribution in [1.29, 1.82) is 0 Å². The monoisotopic (exact) mass is 599 g/mol. The van der Waals surface area contributed by atoms with Crippen molar-refractivity contribution < 1.29 is 9.47 Å². The minimum Gasteiger partial charge on any atom is -0.494 e. The third-order valence-corrected chi connectivity index (χ3v) is 8.57. The Bertz CT molecular complexity index is 1550. The first-order valence-electron chi connectivity index (χ1n) is 15.6. The van der Waals surface area contributed by atoms with E-state index < -0.39 is 0 Å². The SMILES string of the molecule is CC/C(=C(\c1ccc(OCCCCCSCc2ccccn2)cc1)c1ccc(OCc2ccccc2)cc1)c1ccccc1. The molecule has 1 aromatic heterocycles. The maximum atomic E-state index is 6.12. The summed E-state index contributed by atoms with van der Waals surface area (Å²) in [5, 5.41) is 0. The van der Waals surface area contributed by atoms with Crippen LogP contribution in [0.4, 0.5) is 0 Å². The van der Waals surface area contributed by atoms with Gasteiger partial charge in [0.15, 0.2) is 0 Å². The maximum absolute atomic E-state index is 6.12. The Balaban J connectivity index is 1.21. The van der Waals surface area contributed by atoms with Crippen molar-refractivity contribution in [3.05, 3.63) is 162 Å². The summed E-state index contributed by atoms with van der Waals surface area (Å²) < 4.78 is 12.2. The third kappa shape index (κ3) is 9.36. The third-order valence-electron chi connectivity index (χ3n) is 7.49. The second kappa shape index (κ2) is 17.1. The van der Waals surface area contributed by atoms with Gasteiger partial charge in [-0.15, -0.1) is 0 Å². The molecule has 0 N–H and O–H groups in total. The molecule has 0 saturated heterocycles. The van der Waals surface area contributed by atoms with Crippen molar-refractivity contribution in [1.82, 2.24) is 4.98 Å². The van der Waals surface area contributed by atoms with Gasteiger partial charge in [0.1, 0.15) is 18.1 Å². The van der Waals surface area contributed by atoms with Crippen LogP contribution in [0.2, 0.25) is 0 Å². The second-order valence-corrected chi connectivity index (χ2v) is 11.8. The van der Waals surface area contributed by atoms with Crippen LogP contribution in [0.25, 0.3) is 11.1 Å². The summed E-state index contributed by atoms with van der Waals surface area (Å²) in [6, 6.07) is 44.2. The van der Waals surface area contributed by atoms with Crippen LogP contribution in [0.15, 0.2) is 134 Å². The Hall–Kier alpha value is -4.28. The number of nitrogens with zero attached hydrogens (tertiary/aromatic N) is 1. The van der Waals surface area contributed by atoms with Crippen LogP contribution in [-0.4, -0.2) is 17.3 Å². The molecule has 0 bridgehead atoms. The number of pyridine rings is 1. The number of thioether (sulfide) groups is 1. The van der Waals surface area contributed by atoms with Gasteiger partial charge in [0.2, 0.25) is 0 Å². The zero-order valence-corrected chi connectivity index (χ0v) is 26.3. The molecule has 224 valence electrons. The predicted molar refractivity (Wildman–Crippen MR) is 186 cm³/mol. The Morgan fingerprint density at radius 2 is 1.25 bits per heavy atom. The van der Waals surface area contributed by atoms with Crippen LogP contribution in [0, 0.1) is 0 Å². The van der Waals surface area contributed by atoms with Gasteiger partial charge in [0, 0.05) is 11.9 Å². The van der Waals surface area contributed by atoms with Crippen molar-refractivity contribution in [2.75, 3.05) is 12.4 Å². The molecular formula is C40H41NO2S. The number of rotatable bonds is 16. The Labute approximate surface area is 267 Å². The van der Waals surface area contributed by atoms with E-state index in [1.165, 1.54) is 40.7 Å². The highest BCUT2D eigenvalue weighted by molar-refractivity contribution is 7.98. The Morgan fingerprint density at radius 3 is 1.89 bits per heavy atom. The van der Waals surface area contributed by atoms with Crippen LogP contribution in [0.3, 0.4) is 0 Å². The van der Waals surface area contributed by atoms with Crippen molar-refractivity contribution in [2.45, 2.75) is 45.0 Å². The Morgan fingerprint density at radius 1 is 0.614 bits per heavy atom. The van der Waals surface area contributed by atoms with E-state index in [4.69, 9.17) is 9.47 Å². The van der Waals surface area contributed by atoms with Gasteiger partial charge in [-0.05, 0) is 101 Å². The first-order valence-corrected chi connectivity index (χ1v) is 16.7. The van der Waals surface area contributed by atoms with Gasteiger partial charge in [-0.3, -0.25) is 4.98 Å². The number of hydrogen-bond acceptors (Lipinski definition) is 4. The lowest BCUT2D eigenvalue weighted by Crippen LogP contribution is -1.99. The van der Waals surface area contributed by atoms with E-state index in [-0.39, 0.29) is 0 Å². The summed E-state index contributed by atoms with van der Waals surface area (Å²) in [6.07, 6.45) is 6.21. The lowest BCUT2D eigenvalue weighted by atomic mass is 9.88. The van der Waals surface area contributed by atoms with Crippen molar-refractivity contribution in [2.24, 2.45) is 0 Å². The first kappa shape index (κ1) is 31.2. The molecule has 5 rings (SSSR count). The molecule has 0 aliphatic heterocycles. The molecule has 0 fully saturated rings. The molecular weight excluding hydrogens is 559 g/mol. The highest BCUT2D eigenvalue weighted by Gasteiger charge is 2.14. The van der Waals surface area contributed by atoms with Crippen LogP contribution in [0.5, 0.6) is 11.5 Å². The molecule has 0 amide bonds. The summed E-state index contributed by atoms with van der Waals surface area (Å²) >= 11 is 1.95. The van der Waals surface area contributed by atoms with Gasteiger partial charge in [-0.2, -0.15) is 11.8 Å². The van der Waals surface area contributed by atoms with Gasteiger partial charge in [-0.25, -0.2) is 0 Å². The molecule has 0 unspecified atom stereocenters. The van der Waals surface area contributed by atoms with E-state index in [2.05, 4.69) is 115 Å². The van der Waals surface area contributed by atoms with E-state index in [9.17, 15) is 0 Å². The topological polar surface area (TPSA) is 31.4 Å². The van der Waals surface area contributed by atoms with Crippen LogP contribution in [-0.2, 0) is 12.4 Å². The van der Waals surface area contributed by atoms with E-state index in [0.717, 1.165) is 53.7 Å². The fourth-order valence-electron chi connectivity index (χ4n) is 5.19. The number of ether oxygens (including phenoxy) is 2. The molecule has 3 nitrogen and oxygen atoms in total. The molecule has 0 saturated carbocycles. The molecule has 0 radical (unpaired) electrons. The van der Waals surface area contributed by atoms with Gasteiger partial charge >= 0.3 is 0 Å². The second-order valence-electron chi connectivity index (χ2n) is 10.7. The number of hydrogen-bond donors (Lipinski definition) is 0. The molecule has 0 spiro atoms. The summed E-state index contributed by atoms with van der Waals surface area (Å²) in [5.41, 5.74) is 8.47. The normalized spacial score (nSPS) is 11.6. The van der Waals surface area contributed by atoms with E-state index >= 15 is 0 Å². The number of unbranched alkanes of at least 4 members (excludes halogenated alkanes) is 2. The Kier molecular flexibility index (Phi) is 12.1. The van der Waals surface area contributed by atoms with Crippen molar-refractivity contribution in [3.8, 4) is 11.5 Å². The molecule has 1 heterocycles. The number of benzene rings is 4. The van der Waals surface area contributed by atoms with Gasteiger partial charge in [-0.1, -0.05) is 97.9 Å². The summed E-state index contributed by atoms with van der Waals surface area (Å²) in [4.78, 5) is 4.39. The summed E-state index contributed by atoms with van der Waals surface area (Å²) in [5.74, 6) is 3.92. The van der Waals surface area contributed by atoms with E-state index in [0.29, 0.717) is 6.61 Å². The minimum atomic E-state index is 0.555. The van der Waals surface area contributed by atoms with Crippen LogP contribution >= 0.6 is 11.8 Å². The van der Waals surface area contributed by atoms with E-state index in [1.807, 2.05) is 42.2 Å². The lowest BCUT2D eigenvalue weighted by Gasteiger charge is -2.17. The fraction of sp³-hybridized carbons (Fsp3) is 0.225. The smallest absolute Gasteiger partial charge is 0.119 e. The summed E-state index contributed by atoms with van der Waals surface area (Å²) in [7, 11) is 0. The molecule has 5 aromatic rings. The molecule has 0 atom stereocenters. The number of aromatic nitrogens is 1. The molecule has 0 aliphatic rings. The predicted octanol–water partition coefficient (Wildman–Crippen LogP) is 10.5. The molecule has 4 aromatic carbocycles. The zero-order chi connectivity index (χ0) is 30.2. The molecule has 4 heteroatoms. The summed E-state index contributed by atoms with van der Waals surface area (Å²) in [6.45, 7) is 3.52. The van der Waals surface area contributed by atoms with Gasteiger partial charge in [0.25, 0.3) is 0 Å². The quantitative estimate of drug-likeness (QED) is 0.0834. The highest BCUT2D eigenvalue weighted by atomic mass is 32.2. The van der Waals surface area contributed by atoms with E-state index in [1.54, 1.807) is 0 Å². The van der Waals surface area contributed by atoms with Gasteiger partial charge < -0.3 is 9.47 Å². The maximum Gasteiger partial charge on any atom is 0.119 e.